The smallest absolute Gasteiger partial charge is 0.214 e. The van der Waals surface area contributed by atoms with Gasteiger partial charge in [0.25, 0.3) is 0 Å². The minimum Gasteiger partial charge on any atom is -0.481 e. The lowest BCUT2D eigenvalue weighted by Crippen LogP contribution is -2.05. The highest BCUT2D eigenvalue weighted by molar-refractivity contribution is 5.96. The van der Waals surface area contributed by atoms with Crippen LogP contribution in [0, 0.1) is 6.92 Å². The summed E-state index contributed by atoms with van der Waals surface area (Å²) in [4.78, 5) is 9.20. The van der Waals surface area contributed by atoms with Gasteiger partial charge in [0, 0.05) is 29.8 Å². The van der Waals surface area contributed by atoms with Gasteiger partial charge in [0.1, 0.15) is 0 Å². The Morgan fingerprint density at radius 3 is 2.65 bits per heavy atom. The van der Waals surface area contributed by atoms with Crippen LogP contribution >= 0.6 is 0 Å². The van der Waals surface area contributed by atoms with E-state index >= 15 is 0 Å². The van der Waals surface area contributed by atoms with Crippen molar-refractivity contribution in [3.63, 3.8) is 0 Å². The first kappa shape index (κ1) is 22.1. The molecule has 1 heterocycles. The van der Waals surface area contributed by atoms with E-state index < -0.39 is 0 Å². The number of methoxy groups -OCH3 is 1. The van der Waals surface area contributed by atoms with E-state index in [0.717, 1.165) is 29.3 Å². The summed E-state index contributed by atoms with van der Waals surface area (Å²) < 4.78 is 5.56. The Labute approximate surface area is 201 Å². The first-order chi connectivity index (χ1) is 16.6. The Morgan fingerprint density at radius 2 is 1.82 bits per heavy atom. The van der Waals surface area contributed by atoms with E-state index in [4.69, 9.17) is 9.72 Å². The van der Waals surface area contributed by atoms with Crippen LogP contribution in [0.3, 0.4) is 0 Å². The Morgan fingerprint density at radius 1 is 1.00 bits per heavy atom. The number of nitrogens with zero attached hydrogens (tertiary/aromatic N) is 2. The van der Waals surface area contributed by atoms with Crippen molar-refractivity contribution in [2.75, 3.05) is 7.11 Å². The fourth-order valence-corrected chi connectivity index (χ4v) is 5.04. The summed E-state index contributed by atoms with van der Waals surface area (Å²) in [6.45, 7) is 6.34. The van der Waals surface area contributed by atoms with Crippen LogP contribution in [-0.2, 0) is 12.8 Å². The van der Waals surface area contributed by atoms with Gasteiger partial charge < -0.3 is 4.74 Å². The van der Waals surface area contributed by atoms with Gasteiger partial charge in [-0.2, -0.15) is 0 Å². The largest absolute Gasteiger partial charge is 0.481 e. The highest BCUT2D eigenvalue weighted by atomic mass is 16.5. The third-order valence-corrected chi connectivity index (χ3v) is 6.86. The third-order valence-electron chi connectivity index (χ3n) is 6.86. The molecule has 0 amide bonds. The van der Waals surface area contributed by atoms with E-state index in [9.17, 15) is 0 Å². The maximum Gasteiger partial charge on any atom is 0.214 e. The summed E-state index contributed by atoms with van der Waals surface area (Å²) in [6.07, 6.45) is 5.84. The summed E-state index contributed by atoms with van der Waals surface area (Å²) in [5.41, 5.74) is 11.1. The number of fused-ring (bicyclic) bond motifs is 6. The van der Waals surface area contributed by atoms with Crippen LogP contribution in [0.4, 0.5) is 0 Å². The topological polar surface area (TPSA) is 34.5 Å². The van der Waals surface area contributed by atoms with Crippen molar-refractivity contribution in [1.82, 2.24) is 4.98 Å². The lowest BCUT2D eigenvalue weighted by atomic mass is 9.83. The molecule has 0 aliphatic heterocycles. The van der Waals surface area contributed by atoms with Gasteiger partial charge in [0.2, 0.25) is 5.88 Å². The zero-order valence-electron chi connectivity index (χ0n) is 20.3. The number of rotatable bonds is 3. The molecule has 4 aromatic rings. The van der Waals surface area contributed by atoms with Gasteiger partial charge in [0.05, 0.1) is 12.6 Å². The van der Waals surface area contributed by atoms with E-state index in [1.54, 1.807) is 7.11 Å². The average Bonchev–Trinajstić information content (AvgIpc) is 2.87. The molecule has 1 atom stereocenters. The fraction of sp³-hybridized carbons (Fsp3) is 0.226. The number of aromatic nitrogens is 1. The number of benzene rings is 3. The van der Waals surface area contributed by atoms with Crippen LogP contribution in [0.25, 0.3) is 22.0 Å². The fourth-order valence-electron chi connectivity index (χ4n) is 5.04. The second-order valence-electron chi connectivity index (χ2n) is 9.09. The second-order valence-corrected chi connectivity index (χ2v) is 9.09. The quantitative estimate of drug-likeness (QED) is 0.306. The molecule has 0 saturated carbocycles. The molecule has 3 aromatic carbocycles. The highest BCUT2D eigenvalue weighted by Crippen LogP contribution is 2.38. The van der Waals surface area contributed by atoms with Crippen LogP contribution in [0.15, 0.2) is 83.5 Å². The number of pyridine rings is 1. The van der Waals surface area contributed by atoms with E-state index in [1.807, 2.05) is 19.3 Å². The molecule has 3 nitrogen and oxygen atoms in total. The number of allylic oxidation sites excluding steroid dienone is 1. The predicted octanol–water partition coefficient (Wildman–Crippen LogP) is 7.44. The summed E-state index contributed by atoms with van der Waals surface area (Å²) in [5, 5.41) is 1.14. The number of ether oxygens (including phenoxy) is 1. The molecule has 1 aromatic heterocycles. The van der Waals surface area contributed by atoms with Crippen molar-refractivity contribution in [1.29, 1.82) is 0 Å². The van der Waals surface area contributed by atoms with Crippen molar-refractivity contribution in [2.45, 2.75) is 39.5 Å². The standard InChI is InChI=1S/C31H30N2O/c1-5-32-19-21(3)31-25-11-9-20(2)23(16-25)12-10-22-7-6-8-24(15-22)27-18-30(34-4)33-29-14-13-26(31)17-28(27)29/h5-9,11,13-19,31H,10,12H2,1-4H3/b21-19+,32-5?. The molecule has 0 N–H and O–H groups in total. The molecular formula is C31H30N2O. The molecule has 0 radical (unpaired) electrons. The van der Waals surface area contributed by atoms with Gasteiger partial charge in [0.15, 0.2) is 0 Å². The number of hydrogen-bond acceptors (Lipinski definition) is 3. The molecule has 6 bridgehead atoms. The maximum atomic E-state index is 5.56. The van der Waals surface area contributed by atoms with Gasteiger partial charge in [-0.25, -0.2) is 4.98 Å². The monoisotopic (exact) mass is 446 g/mol. The normalized spacial score (nSPS) is 15.8. The SMILES string of the molecule is CC=N/C=C(\C)C1c2ccc(C)c(c2)CCc2cccc(c2)-c2cc(OC)nc3ccc1cc23. The van der Waals surface area contributed by atoms with Crippen molar-refractivity contribution >= 4 is 17.1 Å². The Bertz CT molecular complexity index is 1430. The summed E-state index contributed by atoms with van der Waals surface area (Å²) >= 11 is 0. The second kappa shape index (κ2) is 9.26. The molecule has 1 aliphatic rings. The van der Waals surface area contributed by atoms with Crippen LogP contribution in [0.2, 0.25) is 0 Å². The first-order valence-corrected chi connectivity index (χ1v) is 11.9. The molecule has 1 aliphatic carbocycles. The molecule has 3 heteroatoms. The average molecular weight is 447 g/mol. The van der Waals surface area contributed by atoms with Gasteiger partial charge in [-0.15, -0.1) is 0 Å². The molecule has 0 fully saturated rings. The summed E-state index contributed by atoms with van der Waals surface area (Å²) in [7, 11) is 1.68. The summed E-state index contributed by atoms with van der Waals surface area (Å²) in [6, 6.07) is 24.5. The zero-order chi connectivity index (χ0) is 23.7. The van der Waals surface area contributed by atoms with Crippen molar-refractivity contribution in [3.8, 4) is 17.0 Å². The molecule has 0 spiro atoms. The molecule has 5 rings (SSSR count). The number of aliphatic imine (C=N–C) groups is 1. The van der Waals surface area contributed by atoms with E-state index in [-0.39, 0.29) is 5.92 Å². The zero-order valence-corrected chi connectivity index (χ0v) is 20.3. The van der Waals surface area contributed by atoms with Gasteiger partial charge >= 0.3 is 0 Å². The molecular weight excluding hydrogens is 416 g/mol. The van der Waals surface area contributed by atoms with Gasteiger partial charge in [-0.05, 0) is 90.3 Å². The molecule has 0 saturated heterocycles. The van der Waals surface area contributed by atoms with E-state index in [1.165, 1.54) is 39.0 Å². The maximum absolute atomic E-state index is 5.56. The predicted molar refractivity (Wildman–Crippen MR) is 142 cm³/mol. The van der Waals surface area contributed by atoms with Crippen LogP contribution in [-0.4, -0.2) is 18.3 Å². The Hall–Kier alpha value is -3.72. The lowest BCUT2D eigenvalue weighted by molar-refractivity contribution is 0.400. The van der Waals surface area contributed by atoms with Crippen LogP contribution in [0.1, 0.15) is 47.6 Å². The summed E-state index contributed by atoms with van der Waals surface area (Å²) in [5.74, 6) is 0.753. The van der Waals surface area contributed by atoms with Gasteiger partial charge in [-0.1, -0.05) is 48.5 Å². The first-order valence-electron chi connectivity index (χ1n) is 11.9. The minimum atomic E-state index is 0.117. The number of aryl methyl sites for hydroxylation is 3. The van der Waals surface area contributed by atoms with Crippen molar-refractivity contribution < 1.29 is 4.74 Å². The Kier molecular flexibility index (Phi) is 6.02. The Balaban J connectivity index is 1.84. The van der Waals surface area contributed by atoms with Crippen molar-refractivity contribution in [3.05, 3.63) is 106 Å². The van der Waals surface area contributed by atoms with Gasteiger partial charge in [-0.3, -0.25) is 4.99 Å². The minimum absolute atomic E-state index is 0.117. The van der Waals surface area contributed by atoms with Crippen molar-refractivity contribution in [2.24, 2.45) is 4.99 Å². The van der Waals surface area contributed by atoms with E-state index in [0.29, 0.717) is 5.88 Å². The molecule has 34 heavy (non-hydrogen) atoms. The third kappa shape index (κ3) is 4.14. The molecule has 1 unspecified atom stereocenters. The molecule has 170 valence electrons. The van der Waals surface area contributed by atoms with Crippen LogP contribution < -0.4 is 4.74 Å². The lowest BCUT2D eigenvalue weighted by Gasteiger charge is -2.21. The number of hydrogen-bond donors (Lipinski definition) is 0. The van der Waals surface area contributed by atoms with E-state index in [2.05, 4.69) is 85.6 Å². The highest BCUT2D eigenvalue weighted by Gasteiger charge is 2.20. The van der Waals surface area contributed by atoms with Crippen LogP contribution in [0.5, 0.6) is 5.88 Å².